The first-order valence-corrected chi connectivity index (χ1v) is 8.35. The van der Waals surface area contributed by atoms with Crippen molar-refractivity contribution in [2.24, 2.45) is 0 Å². The molecule has 0 aromatic carbocycles. The van der Waals surface area contributed by atoms with E-state index in [0.717, 1.165) is 55.2 Å². The Morgan fingerprint density at radius 2 is 1.84 bits per heavy atom. The molecular formula is C15H25BrN2O. The van der Waals surface area contributed by atoms with Crippen LogP contribution in [0.3, 0.4) is 0 Å². The fraction of sp³-hybridized carbons (Fsp3) is 0.800. The Balaban J connectivity index is 2.23. The minimum Gasteiger partial charge on any atom is -0.389 e. The van der Waals surface area contributed by atoms with Gasteiger partial charge in [0.25, 0.3) is 0 Å². The van der Waals surface area contributed by atoms with E-state index in [4.69, 9.17) is 0 Å². The Labute approximate surface area is 124 Å². The molecule has 1 fully saturated rings. The third-order valence-electron chi connectivity index (χ3n) is 4.22. The van der Waals surface area contributed by atoms with Crippen LogP contribution < -0.4 is 0 Å². The van der Waals surface area contributed by atoms with Gasteiger partial charge in [-0.1, -0.05) is 32.6 Å². The molecule has 2 rings (SSSR count). The molecule has 0 atom stereocenters. The Morgan fingerprint density at radius 3 is 2.37 bits per heavy atom. The minimum absolute atomic E-state index is 0.531. The molecule has 108 valence electrons. The molecule has 1 heterocycles. The van der Waals surface area contributed by atoms with E-state index in [9.17, 15) is 5.11 Å². The van der Waals surface area contributed by atoms with Gasteiger partial charge in [0.05, 0.1) is 21.5 Å². The molecule has 1 N–H and O–H groups in total. The average molecular weight is 329 g/mol. The lowest BCUT2D eigenvalue weighted by molar-refractivity contribution is 0.0232. The number of aliphatic hydroxyl groups is 1. The number of rotatable bonds is 4. The molecule has 1 aromatic heterocycles. The first-order chi connectivity index (χ1) is 9.09. The second kappa shape index (κ2) is 6.40. The maximum atomic E-state index is 10.9. The summed E-state index contributed by atoms with van der Waals surface area (Å²) < 4.78 is 3.15. The van der Waals surface area contributed by atoms with E-state index < -0.39 is 5.60 Å². The van der Waals surface area contributed by atoms with Gasteiger partial charge < -0.3 is 5.11 Å². The largest absolute Gasteiger partial charge is 0.389 e. The monoisotopic (exact) mass is 328 g/mol. The van der Waals surface area contributed by atoms with Gasteiger partial charge in [-0.3, -0.25) is 4.68 Å². The van der Waals surface area contributed by atoms with Crippen LogP contribution >= 0.6 is 15.9 Å². The zero-order valence-electron chi connectivity index (χ0n) is 12.1. The van der Waals surface area contributed by atoms with Crippen molar-refractivity contribution >= 4 is 15.9 Å². The van der Waals surface area contributed by atoms with Gasteiger partial charge in [-0.15, -0.1) is 0 Å². The summed E-state index contributed by atoms with van der Waals surface area (Å²) in [5.41, 5.74) is 1.74. The first kappa shape index (κ1) is 15.0. The fourth-order valence-electron chi connectivity index (χ4n) is 3.06. The summed E-state index contributed by atoms with van der Waals surface area (Å²) in [6.07, 6.45) is 8.33. The molecule has 4 heteroatoms. The van der Waals surface area contributed by atoms with Crippen molar-refractivity contribution < 1.29 is 5.11 Å². The summed E-state index contributed by atoms with van der Waals surface area (Å²) in [6, 6.07) is 0. The van der Waals surface area contributed by atoms with Crippen LogP contribution in [0, 0.1) is 0 Å². The molecule has 1 aliphatic rings. The number of hydrogen-bond acceptors (Lipinski definition) is 2. The molecular weight excluding hydrogens is 304 g/mol. The molecule has 0 aliphatic heterocycles. The number of nitrogens with zero attached hydrogens (tertiary/aromatic N) is 2. The highest BCUT2D eigenvalue weighted by molar-refractivity contribution is 9.10. The first-order valence-electron chi connectivity index (χ1n) is 7.56. The van der Waals surface area contributed by atoms with Crippen molar-refractivity contribution in [1.82, 2.24) is 9.78 Å². The highest BCUT2D eigenvalue weighted by atomic mass is 79.9. The third kappa shape index (κ3) is 3.40. The maximum absolute atomic E-state index is 10.9. The van der Waals surface area contributed by atoms with E-state index in [1.165, 1.54) is 18.5 Å². The summed E-state index contributed by atoms with van der Waals surface area (Å²) in [5, 5.41) is 15.5. The van der Waals surface area contributed by atoms with Crippen LogP contribution in [-0.2, 0) is 19.4 Å². The quantitative estimate of drug-likeness (QED) is 0.852. The van der Waals surface area contributed by atoms with Crippen molar-refractivity contribution in [3.63, 3.8) is 0 Å². The summed E-state index contributed by atoms with van der Waals surface area (Å²) in [5.74, 6) is 0. The molecule has 1 saturated carbocycles. The zero-order valence-corrected chi connectivity index (χ0v) is 13.7. The Hall–Kier alpha value is -0.350. The topological polar surface area (TPSA) is 38.0 Å². The van der Waals surface area contributed by atoms with Crippen LogP contribution in [0.5, 0.6) is 0 Å². The minimum atomic E-state index is -0.531. The van der Waals surface area contributed by atoms with Gasteiger partial charge in [-0.2, -0.15) is 5.10 Å². The van der Waals surface area contributed by atoms with Crippen LogP contribution in [0.1, 0.15) is 63.8 Å². The lowest BCUT2D eigenvalue weighted by Crippen LogP contribution is -2.31. The lowest BCUT2D eigenvalue weighted by atomic mass is 9.89. The summed E-state index contributed by atoms with van der Waals surface area (Å²) in [6.45, 7) is 5.10. The van der Waals surface area contributed by atoms with Crippen LogP contribution in [0.4, 0.5) is 0 Å². The van der Waals surface area contributed by atoms with Crippen molar-refractivity contribution in [2.45, 2.75) is 77.4 Å². The van der Waals surface area contributed by atoms with Gasteiger partial charge in [0.1, 0.15) is 0 Å². The van der Waals surface area contributed by atoms with E-state index in [1.54, 1.807) is 0 Å². The average Bonchev–Trinajstić information content (AvgIpc) is 2.57. The number of aryl methyl sites for hydroxylation is 2. The highest BCUT2D eigenvalue weighted by Crippen LogP contribution is 2.33. The standard InChI is InChI=1S/C15H25BrN2O/c1-3-12-14(16)13(18(4-2)17-12)11-15(19)9-7-5-6-8-10-15/h19H,3-11H2,1-2H3. The summed E-state index contributed by atoms with van der Waals surface area (Å²) >= 11 is 3.68. The van der Waals surface area contributed by atoms with Crippen LogP contribution in [0.25, 0.3) is 0 Å². The molecule has 19 heavy (non-hydrogen) atoms. The predicted octanol–water partition coefficient (Wildman–Crippen LogP) is 3.86. The lowest BCUT2D eigenvalue weighted by Gasteiger charge is -2.27. The van der Waals surface area contributed by atoms with E-state index in [2.05, 4.69) is 34.9 Å². The molecule has 0 saturated heterocycles. The van der Waals surface area contributed by atoms with Gasteiger partial charge >= 0.3 is 0 Å². The second-order valence-corrected chi connectivity index (χ2v) is 6.49. The highest BCUT2D eigenvalue weighted by Gasteiger charge is 2.31. The zero-order chi connectivity index (χ0) is 13.9. The van der Waals surface area contributed by atoms with Crippen LogP contribution in [-0.4, -0.2) is 20.5 Å². The SMILES string of the molecule is CCc1nn(CC)c(CC2(O)CCCCCC2)c1Br. The van der Waals surface area contributed by atoms with Gasteiger partial charge in [0.15, 0.2) is 0 Å². The number of halogens is 1. The number of aromatic nitrogens is 2. The van der Waals surface area contributed by atoms with Crippen molar-refractivity contribution in [2.75, 3.05) is 0 Å². The van der Waals surface area contributed by atoms with Crippen molar-refractivity contribution in [3.8, 4) is 0 Å². The van der Waals surface area contributed by atoms with E-state index in [1.807, 2.05) is 4.68 Å². The second-order valence-electron chi connectivity index (χ2n) is 5.69. The molecule has 0 spiro atoms. The van der Waals surface area contributed by atoms with Crippen molar-refractivity contribution in [1.29, 1.82) is 0 Å². The molecule has 1 aliphatic carbocycles. The Bertz CT molecular complexity index is 420. The molecule has 3 nitrogen and oxygen atoms in total. The maximum Gasteiger partial charge on any atom is 0.0766 e. The van der Waals surface area contributed by atoms with Gasteiger partial charge in [-0.25, -0.2) is 0 Å². The number of hydrogen-bond donors (Lipinski definition) is 1. The van der Waals surface area contributed by atoms with Gasteiger partial charge in [0.2, 0.25) is 0 Å². The summed E-state index contributed by atoms with van der Waals surface area (Å²) in [7, 11) is 0. The Kier molecular flexibility index (Phi) is 5.07. The molecule has 0 bridgehead atoms. The smallest absolute Gasteiger partial charge is 0.0766 e. The van der Waals surface area contributed by atoms with Gasteiger partial charge in [0, 0.05) is 13.0 Å². The third-order valence-corrected chi connectivity index (χ3v) is 5.14. The molecule has 0 unspecified atom stereocenters. The van der Waals surface area contributed by atoms with Gasteiger partial charge in [-0.05, 0) is 42.1 Å². The predicted molar refractivity (Wildman–Crippen MR) is 81.3 cm³/mol. The molecule has 0 amide bonds. The summed E-state index contributed by atoms with van der Waals surface area (Å²) in [4.78, 5) is 0. The normalized spacial score (nSPS) is 19.4. The van der Waals surface area contributed by atoms with Crippen LogP contribution in [0.2, 0.25) is 0 Å². The molecule has 0 radical (unpaired) electrons. The fourth-order valence-corrected chi connectivity index (χ4v) is 3.77. The van der Waals surface area contributed by atoms with E-state index >= 15 is 0 Å². The van der Waals surface area contributed by atoms with E-state index in [0.29, 0.717) is 0 Å². The van der Waals surface area contributed by atoms with Crippen molar-refractivity contribution in [3.05, 3.63) is 15.9 Å². The van der Waals surface area contributed by atoms with Crippen LogP contribution in [0.15, 0.2) is 4.47 Å². The van der Waals surface area contributed by atoms with E-state index in [-0.39, 0.29) is 0 Å². The Morgan fingerprint density at radius 1 is 1.21 bits per heavy atom. The molecule has 1 aromatic rings.